The van der Waals surface area contributed by atoms with Crippen LogP contribution in [-0.2, 0) is 4.79 Å². The third kappa shape index (κ3) is 2.95. The zero-order chi connectivity index (χ0) is 10.7. The van der Waals surface area contributed by atoms with E-state index in [9.17, 15) is 9.18 Å². The second kappa shape index (κ2) is 4.75. The Kier molecular flexibility index (Phi) is 3.88. The molecule has 0 saturated carbocycles. The summed E-state index contributed by atoms with van der Waals surface area (Å²) in [4.78, 5) is 10.3. The number of carboxylic acids is 1. The predicted octanol–water partition coefficient (Wildman–Crippen LogP) is 2.85. The maximum atomic E-state index is 13.2. The molecular weight excluding hydrogens is 321 g/mol. The molecule has 2 N–H and O–H groups in total. The average molecular weight is 327 g/mol. The Morgan fingerprint density at radius 3 is 2.64 bits per heavy atom. The van der Waals surface area contributed by atoms with Crippen molar-refractivity contribution in [2.45, 2.75) is 0 Å². The summed E-state index contributed by atoms with van der Waals surface area (Å²) < 4.78 is 14.3. The van der Waals surface area contributed by atoms with Crippen LogP contribution in [0.2, 0.25) is 0 Å². The van der Waals surface area contributed by atoms with Gasteiger partial charge in [0.2, 0.25) is 0 Å². The molecule has 1 aromatic carbocycles. The van der Waals surface area contributed by atoms with Gasteiger partial charge in [-0.25, -0.2) is 4.39 Å². The van der Waals surface area contributed by atoms with Crippen molar-refractivity contribution in [2.75, 3.05) is 11.9 Å². The number of nitrogens with one attached hydrogen (secondary N) is 1. The smallest absolute Gasteiger partial charge is 0.322 e. The van der Waals surface area contributed by atoms with E-state index in [-0.39, 0.29) is 12.2 Å². The zero-order valence-electron chi connectivity index (χ0n) is 6.85. The van der Waals surface area contributed by atoms with Crippen molar-refractivity contribution in [1.29, 1.82) is 0 Å². The molecule has 0 spiro atoms. The van der Waals surface area contributed by atoms with Gasteiger partial charge in [0.05, 0.1) is 5.69 Å². The highest BCUT2D eigenvalue weighted by molar-refractivity contribution is 9.11. The number of halogens is 3. The van der Waals surface area contributed by atoms with Crippen molar-refractivity contribution in [2.24, 2.45) is 0 Å². The quantitative estimate of drug-likeness (QED) is 0.898. The normalized spacial score (nSPS) is 9.93. The Labute approximate surface area is 96.6 Å². The van der Waals surface area contributed by atoms with E-state index in [0.717, 1.165) is 0 Å². The van der Waals surface area contributed by atoms with Crippen molar-refractivity contribution in [3.8, 4) is 0 Å². The summed E-state index contributed by atoms with van der Waals surface area (Å²) in [7, 11) is 0. The summed E-state index contributed by atoms with van der Waals surface area (Å²) in [5.74, 6) is -1.55. The fraction of sp³-hybridized carbons (Fsp3) is 0.125. The van der Waals surface area contributed by atoms with Crippen LogP contribution in [0.3, 0.4) is 0 Å². The lowest BCUT2D eigenvalue weighted by Crippen LogP contribution is -2.13. The number of benzene rings is 1. The van der Waals surface area contributed by atoms with Crippen molar-refractivity contribution >= 4 is 43.5 Å². The fourth-order valence-electron chi connectivity index (χ4n) is 0.875. The van der Waals surface area contributed by atoms with Crippen LogP contribution in [0.15, 0.2) is 21.1 Å². The maximum absolute atomic E-state index is 13.2. The number of rotatable bonds is 3. The topological polar surface area (TPSA) is 49.3 Å². The Morgan fingerprint density at radius 1 is 1.50 bits per heavy atom. The number of carboxylic acid groups (broad SMARTS) is 1. The van der Waals surface area contributed by atoms with Gasteiger partial charge in [0, 0.05) is 8.95 Å². The van der Waals surface area contributed by atoms with Crippen molar-refractivity contribution < 1.29 is 14.3 Å². The Hall–Kier alpha value is -0.620. The lowest BCUT2D eigenvalue weighted by molar-refractivity contribution is -0.134. The summed E-state index contributed by atoms with van der Waals surface area (Å²) in [6, 6.07) is 2.89. The highest BCUT2D eigenvalue weighted by atomic mass is 79.9. The molecule has 1 rings (SSSR count). The molecule has 6 heteroatoms. The summed E-state index contributed by atoms with van der Waals surface area (Å²) in [5.41, 5.74) is 0.149. The van der Waals surface area contributed by atoms with Gasteiger partial charge < -0.3 is 10.4 Å². The molecule has 14 heavy (non-hydrogen) atoms. The van der Waals surface area contributed by atoms with Gasteiger partial charge in [0.15, 0.2) is 0 Å². The van der Waals surface area contributed by atoms with E-state index >= 15 is 0 Å². The van der Waals surface area contributed by atoms with E-state index in [1.54, 1.807) is 6.07 Å². The average Bonchev–Trinajstić information content (AvgIpc) is 2.01. The number of hydrogen-bond donors (Lipinski definition) is 2. The Balaban J connectivity index is 2.91. The molecule has 0 bridgehead atoms. The molecule has 0 atom stereocenters. The highest BCUT2D eigenvalue weighted by Crippen LogP contribution is 2.29. The minimum absolute atomic E-state index is 0.149. The van der Waals surface area contributed by atoms with Gasteiger partial charge in [-0.1, -0.05) is 15.9 Å². The zero-order valence-corrected chi connectivity index (χ0v) is 10.0. The first-order valence-electron chi connectivity index (χ1n) is 3.61. The Bertz CT molecular complexity index is 347. The highest BCUT2D eigenvalue weighted by Gasteiger charge is 2.09. The number of aliphatic carboxylic acids is 1. The van der Waals surface area contributed by atoms with Crippen molar-refractivity contribution in [3.05, 3.63) is 26.9 Å². The van der Waals surface area contributed by atoms with Crippen molar-refractivity contribution in [1.82, 2.24) is 0 Å². The number of hydrogen-bond acceptors (Lipinski definition) is 2. The van der Waals surface area contributed by atoms with Gasteiger partial charge in [-0.2, -0.15) is 0 Å². The summed E-state index contributed by atoms with van der Waals surface area (Å²) in [6.45, 7) is -0.322. The van der Waals surface area contributed by atoms with E-state index in [4.69, 9.17) is 5.11 Å². The fourth-order valence-corrected chi connectivity index (χ4v) is 2.19. The Morgan fingerprint density at radius 2 is 2.14 bits per heavy atom. The van der Waals surface area contributed by atoms with Crippen LogP contribution in [0.25, 0.3) is 0 Å². The summed E-state index contributed by atoms with van der Waals surface area (Å²) in [5, 5.41) is 10.9. The van der Waals surface area contributed by atoms with Gasteiger partial charge in [0.1, 0.15) is 12.4 Å². The van der Waals surface area contributed by atoms with Crippen LogP contribution in [-0.4, -0.2) is 17.6 Å². The van der Waals surface area contributed by atoms with Crippen LogP contribution in [0.5, 0.6) is 0 Å². The molecule has 0 fully saturated rings. The van der Waals surface area contributed by atoms with Crippen LogP contribution < -0.4 is 5.32 Å². The molecule has 0 aromatic heterocycles. The first kappa shape index (κ1) is 11.5. The monoisotopic (exact) mass is 325 g/mol. The third-order valence-corrected chi connectivity index (χ3v) is 2.51. The van der Waals surface area contributed by atoms with Crippen molar-refractivity contribution in [3.63, 3.8) is 0 Å². The van der Waals surface area contributed by atoms with Gasteiger partial charge in [-0.15, -0.1) is 0 Å². The van der Waals surface area contributed by atoms with Gasteiger partial charge in [-0.05, 0) is 28.1 Å². The molecule has 0 radical (unpaired) electrons. The molecule has 76 valence electrons. The standard InChI is InChI=1S/C8H6Br2FNO2/c9-4-1-5(10)8(6(11)2-4)12-3-7(13)14/h1-2,12H,3H2,(H,13,14). The van der Waals surface area contributed by atoms with Gasteiger partial charge in [0.25, 0.3) is 0 Å². The van der Waals surface area contributed by atoms with E-state index < -0.39 is 11.8 Å². The molecule has 0 unspecified atom stereocenters. The maximum Gasteiger partial charge on any atom is 0.322 e. The second-order valence-corrected chi connectivity index (χ2v) is 4.26. The molecule has 0 amide bonds. The first-order valence-corrected chi connectivity index (χ1v) is 5.19. The van der Waals surface area contributed by atoms with Crippen LogP contribution in [0.1, 0.15) is 0 Å². The van der Waals surface area contributed by atoms with Crippen LogP contribution in [0.4, 0.5) is 10.1 Å². The molecule has 0 aliphatic heterocycles. The van der Waals surface area contributed by atoms with E-state index in [1.165, 1.54) is 6.07 Å². The van der Waals surface area contributed by atoms with Gasteiger partial charge in [-0.3, -0.25) is 4.79 Å². The molecule has 0 aliphatic carbocycles. The molecule has 0 saturated heterocycles. The molecule has 0 heterocycles. The lowest BCUT2D eigenvalue weighted by Gasteiger charge is -2.07. The minimum atomic E-state index is -1.04. The molecule has 0 aliphatic rings. The lowest BCUT2D eigenvalue weighted by atomic mass is 10.3. The van der Waals surface area contributed by atoms with E-state index in [2.05, 4.69) is 37.2 Å². The first-order chi connectivity index (χ1) is 6.50. The van der Waals surface area contributed by atoms with E-state index in [1.807, 2.05) is 0 Å². The largest absolute Gasteiger partial charge is 0.480 e. The van der Waals surface area contributed by atoms with Crippen LogP contribution >= 0.6 is 31.9 Å². The number of carbonyl (C=O) groups is 1. The molecule has 3 nitrogen and oxygen atoms in total. The third-order valence-electron chi connectivity index (χ3n) is 1.42. The summed E-state index contributed by atoms with van der Waals surface area (Å²) >= 11 is 6.24. The minimum Gasteiger partial charge on any atom is -0.480 e. The molecular formula is C8H6Br2FNO2. The molecule has 1 aromatic rings. The van der Waals surface area contributed by atoms with E-state index in [0.29, 0.717) is 8.95 Å². The number of anilines is 1. The SMILES string of the molecule is O=C(O)CNc1c(F)cc(Br)cc1Br. The van der Waals surface area contributed by atoms with Gasteiger partial charge >= 0.3 is 5.97 Å². The second-order valence-electron chi connectivity index (χ2n) is 2.49. The summed E-state index contributed by atoms with van der Waals surface area (Å²) in [6.07, 6.45) is 0. The predicted molar refractivity (Wildman–Crippen MR) is 57.9 cm³/mol. The van der Waals surface area contributed by atoms with Crippen LogP contribution in [0, 0.1) is 5.82 Å².